The molecule has 1 aliphatic rings. The summed E-state index contributed by atoms with van der Waals surface area (Å²) in [6.45, 7) is 3.07. The molecule has 7 nitrogen and oxygen atoms in total. The molecule has 2 heterocycles. The number of halogens is 1. The fourth-order valence-electron chi connectivity index (χ4n) is 2.47. The molecule has 1 aliphatic heterocycles. The van der Waals surface area contributed by atoms with Crippen molar-refractivity contribution in [3.8, 4) is 0 Å². The normalized spacial score (nSPS) is 15.0. The lowest BCUT2D eigenvalue weighted by atomic mass is 10.2. The lowest BCUT2D eigenvalue weighted by Gasteiger charge is -2.36. The lowest BCUT2D eigenvalue weighted by Crippen LogP contribution is -2.47. The summed E-state index contributed by atoms with van der Waals surface area (Å²) in [5, 5.41) is 11.2. The Morgan fingerprint density at radius 2 is 1.73 bits per heavy atom. The molecule has 0 N–H and O–H groups in total. The predicted molar refractivity (Wildman–Crippen MR) is 84.6 cm³/mol. The molecule has 0 atom stereocenters. The molecule has 0 spiro atoms. The topological polar surface area (TPSA) is 75.4 Å². The van der Waals surface area contributed by atoms with Gasteiger partial charge in [-0.15, -0.1) is 0 Å². The van der Waals surface area contributed by atoms with Crippen molar-refractivity contribution >= 4 is 28.9 Å². The number of non-ortho nitro benzene ring substituents is 1. The summed E-state index contributed by atoms with van der Waals surface area (Å²) in [5.74, 6) is 0.719. The zero-order valence-electron chi connectivity index (χ0n) is 11.7. The zero-order valence-corrected chi connectivity index (χ0v) is 12.5. The smallest absolute Gasteiger partial charge is 0.271 e. The van der Waals surface area contributed by atoms with Gasteiger partial charge in [0.1, 0.15) is 0 Å². The summed E-state index contributed by atoms with van der Waals surface area (Å²) in [7, 11) is 0. The van der Waals surface area contributed by atoms with E-state index in [0.29, 0.717) is 5.02 Å². The molecular weight excluding hydrogens is 306 g/mol. The van der Waals surface area contributed by atoms with E-state index in [1.807, 2.05) is 0 Å². The third kappa shape index (κ3) is 2.94. The van der Waals surface area contributed by atoms with E-state index in [1.165, 1.54) is 12.1 Å². The third-order valence-corrected chi connectivity index (χ3v) is 3.90. The molecule has 1 saturated heterocycles. The van der Waals surface area contributed by atoms with Crippen LogP contribution in [0.2, 0.25) is 5.02 Å². The molecule has 22 heavy (non-hydrogen) atoms. The maximum absolute atomic E-state index is 10.8. The molecule has 1 aromatic heterocycles. The van der Waals surface area contributed by atoms with E-state index in [0.717, 1.165) is 37.8 Å². The molecule has 2 aromatic rings. The van der Waals surface area contributed by atoms with Gasteiger partial charge in [-0.3, -0.25) is 10.1 Å². The molecule has 114 valence electrons. The average Bonchev–Trinajstić information content (AvgIpc) is 2.56. The number of nitro groups is 1. The van der Waals surface area contributed by atoms with E-state index in [9.17, 15) is 10.1 Å². The third-order valence-electron chi connectivity index (χ3n) is 3.60. The van der Waals surface area contributed by atoms with Crippen LogP contribution in [0.3, 0.4) is 0 Å². The molecule has 0 amide bonds. The maximum atomic E-state index is 10.8. The Hall–Kier alpha value is -2.41. The van der Waals surface area contributed by atoms with Crippen LogP contribution in [0.1, 0.15) is 0 Å². The van der Waals surface area contributed by atoms with Crippen molar-refractivity contribution in [2.45, 2.75) is 0 Å². The quantitative estimate of drug-likeness (QED) is 0.638. The van der Waals surface area contributed by atoms with Crippen molar-refractivity contribution in [1.82, 2.24) is 9.97 Å². The summed E-state index contributed by atoms with van der Waals surface area (Å²) in [5.41, 5.74) is 0.825. The Morgan fingerprint density at radius 1 is 1.09 bits per heavy atom. The molecule has 8 heteroatoms. The highest BCUT2D eigenvalue weighted by Gasteiger charge is 2.21. The van der Waals surface area contributed by atoms with E-state index >= 15 is 0 Å². The standard InChI is InChI=1S/C14H14ClN5O2/c15-12-10-11(20(21)22)2-3-13(12)18-6-8-19(9-7-18)14-16-4-1-5-17-14/h1-5,10H,6-9H2. The van der Waals surface area contributed by atoms with E-state index < -0.39 is 4.92 Å². The van der Waals surface area contributed by atoms with E-state index in [2.05, 4.69) is 19.8 Å². The lowest BCUT2D eigenvalue weighted by molar-refractivity contribution is -0.384. The first-order valence-electron chi connectivity index (χ1n) is 6.86. The summed E-state index contributed by atoms with van der Waals surface area (Å²) in [4.78, 5) is 23.0. The molecule has 0 unspecified atom stereocenters. The molecule has 0 bridgehead atoms. The minimum absolute atomic E-state index is 0.00470. The van der Waals surface area contributed by atoms with Crippen molar-refractivity contribution in [3.05, 3.63) is 51.8 Å². The van der Waals surface area contributed by atoms with Crippen LogP contribution in [-0.4, -0.2) is 41.1 Å². The van der Waals surface area contributed by atoms with Crippen LogP contribution in [0, 0.1) is 10.1 Å². The van der Waals surface area contributed by atoms with Crippen LogP contribution in [0.4, 0.5) is 17.3 Å². The number of hydrogen-bond acceptors (Lipinski definition) is 6. The molecule has 0 saturated carbocycles. The van der Waals surface area contributed by atoms with Gasteiger partial charge in [0.2, 0.25) is 5.95 Å². The van der Waals surface area contributed by atoms with E-state index in [-0.39, 0.29) is 5.69 Å². The SMILES string of the molecule is O=[N+]([O-])c1ccc(N2CCN(c3ncccn3)CC2)c(Cl)c1. The average molecular weight is 320 g/mol. The van der Waals surface area contributed by atoms with Crippen molar-refractivity contribution in [2.75, 3.05) is 36.0 Å². The Labute approximate surface area is 132 Å². The first-order valence-corrected chi connectivity index (χ1v) is 7.24. The predicted octanol–water partition coefficient (Wildman–Crippen LogP) is 2.36. The van der Waals surface area contributed by atoms with Gasteiger partial charge in [-0.2, -0.15) is 0 Å². The van der Waals surface area contributed by atoms with Crippen LogP contribution >= 0.6 is 11.6 Å². The first kappa shape index (κ1) is 14.5. The van der Waals surface area contributed by atoms with Gasteiger partial charge in [0, 0.05) is 50.7 Å². The fraction of sp³-hybridized carbons (Fsp3) is 0.286. The number of rotatable bonds is 3. The van der Waals surface area contributed by atoms with Crippen molar-refractivity contribution in [2.24, 2.45) is 0 Å². The summed E-state index contributed by atoms with van der Waals surface area (Å²) < 4.78 is 0. The molecule has 1 fully saturated rings. The number of nitrogens with zero attached hydrogens (tertiary/aromatic N) is 5. The molecule has 3 rings (SSSR count). The number of aromatic nitrogens is 2. The molecule has 1 aromatic carbocycles. The van der Waals surface area contributed by atoms with Gasteiger partial charge in [0.15, 0.2) is 0 Å². The van der Waals surface area contributed by atoms with Crippen molar-refractivity contribution in [1.29, 1.82) is 0 Å². The summed E-state index contributed by atoms with van der Waals surface area (Å²) in [6.07, 6.45) is 3.45. The molecule has 0 aliphatic carbocycles. The van der Waals surface area contributed by atoms with Gasteiger partial charge in [-0.05, 0) is 12.1 Å². The minimum atomic E-state index is -0.444. The fourth-order valence-corrected chi connectivity index (χ4v) is 2.76. The van der Waals surface area contributed by atoms with Gasteiger partial charge in [-0.25, -0.2) is 9.97 Å². The Morgan fingerprint density at radius 3 is 2.32 bits per heavy atom. The number of piperazine rings is 1. The highest BCUT2D eigenvalue weighted by atomic mass is 35.5. The maximum Gasteiger partial charge on any atom is 0.271 e. The molecular formula is C14H14ClN5O2. The second-order valence-corrected chi connectivity index (χ2v) is 5.32. The number of benzene rings is 1. The van der Waals surface area contributed by atoms with Crippen LogP contribution in [0.15, 0.2) is 36.7 Å². The monoisotopic (exact) mass is 319 g/mol. The van der Waals surface area contributed by atoms with Crippen molar-refractivity contribution in [3.63, 3.8) is 0 Å². The van der Waals surface area contributed by atoms with Gasteiger partial charge in [-0.1, -0.05) is 11.6 Å². The minimum Gasteiger partial charge on any atom is -0.367 e. The summed E-state index contributed by atoms with van der Waals surface area (Å²) in [6, 6.07) is 6.36. The largest absolute Gasteiger partial charge is 0.367 e. The number of hydrogen-bond donors (Lipinski definition) is 0. The Bertz CT molecular complexity index is 674. The number of nitro benzene ring substituents is 1. The van der Waals surface area contributed by atoms with Gasteiger partial charge in [0.25, 0.3) is 5.69 Å². The summed E-state index contributed by atoms with van der Waals surface area (Å²) >= 11 is 6.18. The zero-order chi connectivity index (χ0) is 15.5. The Balaban J connectivity index is 1.70. The number of anilines is 2. The van der Waals surface area contributed by atoms with Crippen LogP contribution < -0.4 is 9.80 Å². The van der Waals surface area contributed by atoms with Crippen molar-refractivity contribution < 1.29 is 4.92 Å². The highest BCUT2D eigenvalue weighted by Crippen LogP contribution is 2.30. The van der Waals surface area contributed by atoms with E-state index in [1.54, 1.807) is 24.5 Å². The Kier molecular flexibility index (Phi) is 4.06. The van der Waals surface area contributed by atoms with Crippen LogP contribution in [-0.2, 0) is 0 Å². The van der Waals surface area contributed by atoms with Gasteiger partial charge in [0.05, 0.1) is 15.6 Å². The van der Waals surface area contributed by atoms with Crippen LogP contribution in [0.5, 0.6) is 0 Å². The van der Waals surface area contributed by atoms with Gasteiger partial charge < -0.3 is 9.80 Å². The van der Waals surface area contributed by atoms with Gasteiger partial charge >= 0.3 is 0 Å². The van der Waals surface area contributed by atoms with Crippen LogP contribution in [0.25, 0.3) is 0 Å². The van der Waals surface area contributed by atoms with E-state index in [4.69, 9.17) is 11.6 Å². The second-order valence-electron chi connectivity index (χ2n) is 4.92. The molecule has 0 radical (unpaired) electrons. The second kappa shape index (κ2) is 6.15. The first-order chi connectivity index (χ1) is 10.6. The highest BCUT2D eigenvalue weighted by molar-refractivity contribution is 6.33.